The van der Waals surface area contributed by atoms with Crippen molar-refractivity contribution in [2.45, 2.75) is 12.8 Å². The predicted molar refractivity (Wildman–Crippen MR) is 93.6 cm³/mol. The van der Waals surface area contributed by atoms with Crippen molar-refractivity contribution >= 4 is 5.57 Å². The van der Waals surface area contributed by atoms with Gasteiger partial charge in [-0.05, 0) is 49.3 Å². The average Bonchev–Trinajstić information content (AvgIpc) is 2.89. The van der Waals surface area contributed by atoms with Gasteiger partial charge in [0.25, 0.3) is 0 Å². The van der Waals surface area contributed by atoms with Gasteiger partial charge in [0.05, 0.1) is 0 Å². The molecule has 0 aromatic heterocycles. The number of fused-ring (bicyclic) bond motifs is 1. The largest absolute Gasteiger partial charge is 0.309 e. The van der Waals surface area contributed by atoms with Gasteiger partial charge in [-0.25, -0.2) is 0 Å². The molecular weight excluding hydrogens is 266 g/mol. The maximum Gasteiger partial charge on any atom is 0.0248 e. The highest BCUT2D eigenvalue weighted by atomic mass is 15.0. The Hall–Kier alpha value is -2.30. The van der Waals surface area contributed by atoms with Gasteiger partial charge in [-0.15, -0.1) is 0 Å². The molecule has 0 spiro atoms. The normalized spacial score (nSPS) is 13.0. The minimum absolute atomic E-state index is 0.971. The van der Waals surface area contributed by atoms with Crippen LogP contribution in [0.1, 0.15) is 23.1 Å². The van der Waals surface area contributed by atoms with Gasteiger partial charge in [0.1, 0.15) is 0 Å². The maximum atomic E-state index is 3.43. The van der Waals surface area contributed by atoms with E-state index in [9.17, 15) is 0 Å². The van der Waals surface area contributed by atoms with Crippen molar-refractivity contribution in [2.75, 3.05) is 20.6 Å². The lowest BCUT2D eigenvalue weighted by Gasteiger charge is -2.11. The molecule has 0 unspecified atom stereocenters. The number of hydrogen-bond donors (Lipinski definition) is 0. The minimum atomic E-state index is 0.971. The molecule has 0 aliphatic heterocycles. The fourth-order valence-corrected chi connectivity index (χ4v) is 2.84. The Bertz CT molecular complexity index is 742. The Kier molecular flexibility index (Phi) is 4.42. The van der Waals surface area contributed by atoms with Crippen LogP contribution < -0.4 is 0 Å². The van der Waals surface area contributed by atoms with Crippen molar-refractivity contribution in [2.24, 2.45) is 0 Å². The summed E-state index contributed by atoms with van der Waals surface area (Å²) in [6, 6.07) is 18.9. The van der Waals surface area contributed by atoms with E-state index < -0.39 is 0 Å². The van der Waals surface area contributed by atoms with Gasteiger partial charge < -0.3 is 4.90 Å². The van der Waals surface area contributed by atoms with Gasteiger partial charge in [0.2, 0.25) is 0 Å². The third-order valence-electron chi connectivity index (χ3n) is 4.01. The molecule has 0 N–H and O–H groups in total. The standard InChI is InChI=1S/C21H21N/c1-22(2)15-14-21-19(13-12-17-8-4-3-5-9-17)16-18-10-6-7-11-20(18)21/h3-11H,14-16H2,1-2H3. The molecule has 3 rings (SSSR count). The fourth-order valence-electron chi connectivity index (χ4n) is 2.84. The minimum Gasteiger partial charge on any atom is -0.309 e. The maximum absolute atomic E-state index is 3.43. The van der Waals surface area contributed by atoms with Crippen LogP contribution in [0.4, 0.5) is 0 Å². The van der Waals surface area contributed by atoms with Crippen LogP contribution in [-0.4, -0.2) is 25.5 Å². The smallest absolute Gasteiger partial charge is 0.0248 e. The van der Waals surface area contributed by atoms with E-state index in [0.29, 0.717) is 0 Å². The van der Waals surface area contributed by atoms with Crippen LogP contribution in [0.2, 0.25) is 0 Å². The zero-order chi connectivity index (χ0) is 15.4. The molecule has 1 aliphatic carbocycles. The molecule has 0 saturated carbocycles. The van der Waals surface area contributed by atoms with Crippen LogP contribution >= 0.6 is 0 Å². The van der Waals surface area contributed by atoms with E-state index in [-0.39, 0.29) is 0 Å². The van der Waals surface area contributed by atoms with Crippen molar-refractivity contribution in [3.8, 4) is 11.8 Å². The molecule has 1 nitrogen and oxygen atoms in total. The van der Waals surface area contributed by atoms with Gasteiger partial charge in [0, 0.05) is 24.1 Å². The molecule has 0 atom stereocenters. The first kappa shape index (κ1) is 14.6. The molecule has 1 heteroatoms. The Labute approximate surface area is 133 Å². The van der Waals surface area contributed by atoms with E-state index in [1.807, 2.05) is 18.2 Å². The number of nitrogens with zero attached hydrogens (tertiary/aromatic N) is 1. The van der Waals surface area contributed by atoms with E-state index >= 15 is 0 Å². The van der Waals surface area contributed by atoms with E-state index in [1.54, 1.807) is 0 Å². The Balaban J connectivity index is 1.92. The second kappa shape index (κ2) is 6.64. The summed E-state index contributed by atoms with van der Waals surface area (Å²) < 4.78 is 0. The van der Waals surface area contributed by atoms with Crippen LogP contribution in [0.15, 0.2) is 60.2 Å². The number of allylic oxidation sites excluding steroid dienone is 1. The van der Waals surface area contributed by atoms with E-state index in [2.05, 4.69) is 67.2 Å². The molecule has 0 heterocycles. The van der Waals surface area contributed by atoms with Gasteiger partial charge in [0.15, 0.2) is 0 Å². The van der Waals surface area contributed by atoms with Crippen molar-refractivity contribution in [1.82, 2.24) is 4.90 Å². The van der Waals surface area contributed by atoms with Gasteiger partial charge in [-0.3, -0.25) is 0 Å². The van der Waals surface area contributed by atoms with E-state index in [0.717, 1.165) is 24.9 Å². The first-order valence-electron chi connectivity index (χ1n) is 7.76. The third-order valence-corrected chi connectivity index (χ3v) is 4.01. The molecule has 2 aromatic rings. The molecule has 0 amide bonds. The van der Waals surface area contributed by atoms with Crippen LogP contribution in [0.3, 0.4) is 0 Å². The molecule has 2 aromatic carbocycles. The van der Waals surface area contributed by atoms with Crippen LogP contribution in [-0.2, 0) is 6.42 Å². The lowest BCUT2D eigenvalue weighted by atomic mass is 10.0. The SMILES string of the molecule is CN(C)CCC1=C(C#Cc2ccccc2)Cc2ccccc21. The number of hydrogen-bond acceptors (Lipinski definition) is 1. The third kappa shape index (κ3) is 3.30. The lowest BCUT2D eigenvalue weighted by Crippen LogP contribution is -2.13. The highest BCUT2D eigenvalue weighted by Crippen LogP contribution is 2.34. The van der Waals surface area contributed by atoms with Crippen LogP contribution in [0.5, 0.6) is 0 Å². The van der Waals surface area contributed by atoms with Gasteiger partial charge in [-0.1, -0.05) is 54.3 Å². The summed E-state index contributed by atoms with van der Waals surface area (Å²) in [7, 11) is 4.24. The summed E-state index contributed by atoms with van der Waals surface area (Å²) in [6.07, 6.45) is 2.03. The Morgan fingerprint density at radius 2 is 1.64 bits per heavy atom. The van der Waals surface area contributed by atoms with Crippen LogP contribution in [0, 0.1) is 11.8 Å². The number of rotatable bonds is 3. The predicted octanol–water partition coefficient (Wildman–Crippen LogP) is 4.00. The summed E-state index contributed by atoms with van der Waals surface area (Å²) in [5, 5.41) is 0. The van der Waals surface area contributed by atoms with Crippen LogP contribution in [0.25, 0.3) is 5.57 Å². The average molecular weight is 287 g/mol. The zero-order valence-electron chi connectivity index (χ0n) is 13.3. The highest BCUT2D eigenvalue weighted by Gasteiger charge is 2.19. The highest BCUT2D eigenvalue weighted by molar-refractivity contribution is 5.80. The quantitative estimate of drug-likeness (QED) is 0.771. The van der Waals surface area contributed by atoms with Gasteiger partial charge >= 0.3 is 0 Å². The molecule has 0 radical (unpaired) electrons. The van der Waals surface area contributed by atoms with Crippen molar-refractivity contribution in [3.63, 3.8) is 0 Å². The molecular formula is C21H21N. The second-order valence-corrected chi connectivity index (χ2v) is 5.96. The van der Waals surface area contributed by atoms with Crippen molar-refractivity contribution < 1.29 is 0 Å². The molecule has 22 heavy (non-hydrogen) atoms. The van der Waals surface area contributed by atoms with E-state index in [4.69, 9.17) is 0 Å². The second-order valence-electron chi connectivity index (χ2n) is 5.96. The first-order chi connectivity index (χ1) is 10.7. The summed E-state index contributed by atoms with van der Waals surface area (Å²) in [5.74, 6) is 6.75. The number of benzene rings is 2. The zero-order valence-corrected chi connectivity index (χ0v) is 13.3. The molecule has 0 bridgehead atoms. The molecule has 1 aliphatic rings. The van der Waals surface area contributed by atoms with E-state index in [1.165, 1.54) is 22.3 Å². The molecule has 110 valence electrons. The summed E-state index contributed by atoms with van der Waals surface area (Å²) in [5.41, 5.74) is 6.59. The topological polar surface area (TPSA) is 3.24 Å². The van der Waals surface area contributed by atoms with Gasteiger partial charge in [-0.2, -0.15) is 0 Å². The summed E-state index contributed by atoms with van der Waals surface area (Å²) in [4.78, 5) is 2.23. The lowest BCUT2D eigenvalue weighted by molar-refractivity contribution is 0.419. The Morgan fingerprint density at radius 3 is 2.41 bits per heavy atom. The first-order valence-corrected chi connectivity index (χ1v) is 7.76. The monoisotopic (exact) mass is 287 g/mol. The molecule has 0 fully saturated rings. The Morgan fingerprint density at radius 1 is 0.909 bits per heavy atom. The summed E-state index contributed by atoms with van der Waals surface area (Å²) >= 11 is 0. The summed E-state index contributed by atoms with van der Waals surface area (Å²) in [6.45, 7) is 1.06. The van der Waals surface area contributed by atoms with Crippen molar-refractivity contribution in [3.05, 3.63) is 76.9 Å². The fraction of sp³-hybridized carbons (Fsp3) is 0.238. The molecule has 0 saturated heterocycles. The van der Waals surface area contributed by atoms with Crippen molar-refractivity contribution in [1.29, 1.82) is 0 Å².